The predicted molar refractivity (Wildman–Crippen MR) is 96.9 cm³/mol. The van der Waals surface area contributed by atoms with Crippen molar-refractivity contribution in [3.05, 3.63) is 15.6 Å². The van der Waals surface area contributed by atoms with Gasteiger partial charge in [0.1, 0.15) is 0 Å². The summed E-state index contributed by atoms with van der Waals surface area (Å²) in [5.74, 6) is 0.607. The van der Waals surface area contributed by atoms with E-state index in [-0.39, 0.29) is 18.0 Å². The molecule has 3 heterocycles. The Morgan fingerprint density at radius 3 is 2.68 bits per heavy atom. The maximum absolute atomic E-state index is 12.4. The van der Waals surface area contributed by atoms with Crippen LogP contribution in [-0.4, -0.2) is 59.4 Å². The van der Waals surface area contributed by atoms with E-state index >= 15 is 0 Å². The lowest BCUT2D eigenvalue weighted by molar-refractivity contribution is -0.126. The van der Waals surface area contributed by atoms with Gasteiger partial charge < -0.3 is 15.1 Å². The molecule has 0 radical (unpaired) electrons. The molecule has 1 aromatic rings. The van der Waals surface area contributed by atoms with Crippen molar-refractivity contribution in [2.45, 2.75) is 56.9 Å². The number of hydrogen-bond donors (Lipinski definition) is 1. The SMILES string of the molecule is CN1CC(NC(=O)N2CCC(c3nc4c(s3)CCCC4)CC2)CC1=O. The molecule has 0 aromatic carbocycles. The highest BCUT2D eigenvalue weighted by Gasteiger charge is 2.31. The van der Waals surface area contributed by atoms with Gasteiger partial charge in [-0.3, -0.25) is 4.79 Å². The second-order valence-corrected chi connectivity index (χ2v) is 8.63. The molecule has 4 rings (SSSR count). The van der Waals surface area contributed by atoms with E-state index in [1.807, 2.05) is 16.2 Å². The summed E-state index contributed by atoms with van der Waals surface area (Å²) in [5, 5.41) is 4.30. The number of nitrogens with zero attached hydrogens (tertiary/aromatic N) is 3. The molecule has 0 spiro atoms. The van der Waals surface area contributed by atoms with Crippen molar-refractivity contribution < 1.29 is 9.59 Å². The molecule has 2 saturated heterocycles. The Kier molecular flexibility index (Phi) is 4.67. The zero-order valence-corrected chi connectivity index (χ0v) is 15.6. The van der Waals surface area contributed by atoms with E-state index in [2.05, 4.69) is 5.32 Å². The number of piperidine rings is 1. The number of carbonyl (C=O) groups is 2. The van der Waals surface area contributed by atoms with Crippen molar-refractivity contribution in [1.29, 1.82) is 0 Å². The van der Waals surface area contributed by atoms with Crippen LogP contribution in [0.3, 0.4) is 0 Å². The van der Waals surface area contributed by atoms with Crippen molar-refractivity contribution in [1.82, 2.24) is 20.1 Å². The van der Waals surface area contributed by atoms with Gasteiger partial charge in [-0.1, -0.05) is 0 Å². The van der Waals surface area contributed by atoms with Gasteiger partial charge >= 0.3 is 6.03 Å². The monoisotopic (exact) mass is 362 g/mol. The molecular weight excluding hydrogens is 336 g/mol. The third-order valence-electron chi connectivity index (χ3n) is 5.66. The average Bonchev–Trinajstić information content (AvgIpc) is 3.18. The minimum atomic E-state index is -0.0478. The first-order valence-corrected chi connectivity index (χ1v) is 10.2. The number of aryl methyl sites for hydroxylation is 2. The minimum Gasteiger partial charge on any atom is -0.344 e. The Labute approximate surface area is 152 Å². The zero-order valence-electron chi connectivity index (χ0n) is 14.8. The lowest BCUT2D eigenvalue weighted by Gasteiger charge is -2.32. The minimum absolute atomic E-state index is 0.0232. The lowest BCUT2D eigenvalue weighted by Crippen LogP contribution is -2.48. The van der Waals surface area contributed by atoms with Crippen LogP contribution < -0.4 is 5.32 Å². The molecule has 2 aliphatic heterocycles. The third-order valence-corrected chi connectivity index (χ3v) is 6.98. The Hall–Kier alpha value is -1.63. The quantitative estimate of drug-likeness (QED) is 0.877. The largest absolute Gasteiger partial charge is 0.344 e. The highest BCUT2D eigenvalue weighted by Crippen LogP contribution is 2.35. The zero-order chi connectivity index (χ0) is 17.4. The first-order chi connectivity index (χ1) is 12.1. The van der Waals surface area contributed by atoms with Crippen LogP contribution in [0.4, 0.5) is 4.79 Å². The molecule has 0 bridgehead atoms. The fourth-order valence-electron chi connectivity index (χ4n) is 4.10. The first-order valence-electron chi connectivity index (χ1n) is 9.38. The molecule has 1 N–H and O–H groups in total. The van der Waals surface area contributed by atoms with E-state index in [0.29, 0.717) is 18.9 Å². The summed E-state index contributed by atoms with van der Waals surface area (Å²) in [6.07, 6.45) is 7.31. The molecule has 3 amide bonds. The Morgan fingerprint density at radius 2 is 2.00 bits per heavy atom. The highest BCUT2D eigenvalue weighted by atomic mass is 32.1. The fraction of sp³-hybridized carbons (Fsp3) is 0.722. The molecule has 136 valence electrons. The van der Waals surface area contributed by atoms with E-state index < -0.39 is 0 Å². The van der Waals surface area contributed by atoms with Gasteiger partial charge in [0.15, 0.2) is 0 Å². The molecule has 1 aromatic heterocycles. The number of likely N-dealkylation sites (tertiary alicyclic amines) is 2. The molecule has 7 heteroatoms. The van der Waals surface area contributed by atoms with Crippen molar-refractivity contribution in [2.24, 2.45) is 0 Å². The van der Waals surface area contributed by atoms with Gasteiger partial charge in [-0.15, -0.1) is 11.3 Å². The topological polar surface area (TPSA) is 65.5 Å². The van der Waals surface area contributed by atoms with Gasteiger partial charge in [-0.25, -0.2) is 9.78 Å². The van der Waals surface area contributed by atoms with Crippen molar-refractivity contribution in [3.63, 3.8) is 0 Å². The number of likely N-dealkylation sites (N-methyl/N-ethyl adjacent to an activating group) is 1. The summed E-state index contributed by atoms with van der Waals surface area (Å²) in [5.41, 5.74) is 1.33. The summed E-state index contributed by atoms with van der Waals surface area (Å²) >= 11 is 1.90. The standard InChI is InChI=1S/C18H26N4O2S/c1-21-11-13(10-16(21)23)19-18(24)22-8-6-12(7-9-22)17-20-14-4-2-3-5-15(14)25-17/h12-13H,2-11H2,1H3,(H,19,24). The summed E-state index contributed by atoms with van der Waals surface area (Å²) in [7, 11) is 1.79. The summed E-state index contributed by atoms with van der Waals surface area (Å²) in [6, 6.07) is -0.0709. The molecule has 3 aliphatic rings. The highest BCUT2D eigenvalue weighted by molar-refractivity contribution is 7.11. The van der Waals surface area contributed by atoms with Crippen LogP contribution in [0.1, 0.15) is 53.6 Å². The number of aromatic nitrogens is 1. The van der Waals surface area contributed by atoms with Crippen LogP contribution in [0.15, 0.2) is 0 Å². The van der Waals surface area contributed by atoms with E-state index in [4.69, 9.17) is 4.98 Å². The van der Waals surface area contributed by atoms with Crippen molar-refractivity contribution in [2.75, 3.05) is 26.7 Å². The molecule has 1 atom stereocenters. The molecule has 1 aliphatic carbocycles. The van der Waals surface area contributed by atoms with E-state index in [1.165, 1.54) is 34.8 Å². The summed E-state index contributed by atoms with van der Waals surface area (Å²) in [6.45, 7) is 2.17. The van der Waals surface area contributed by atoms with E-state index in [9.17, 15) is 9.59 Å². The third kappa shape index (κ3) is 3.52. The second-order valence-electron chi connectivity index (χ2n) is 7.52. The predicted octanol–water partition coefficient (Wildman–Crippen LogP) is 2.14. The number of urea groups is 1. The maximum Gasteiger partial charge on any atom is 0.317 e. The van der Waals surface area contributed by atoms with Crippen LogP contribution in [-0.2, 0) is 17.6 Å². The molecule has 2 fully saturated rings. The maximum atomic E-state index is 12.4. The van der Waals surface area contributed by atoms with Crippen LogP contribution in [0.5, 0.6) is 0 Å². The summed E-state index contributed by atoms with van der Waals surface area (Å²) < 4.78 is 0. The second kappa shape index (κ2) is 6.94. The van der Waals surface area contributed by atoms with Gasteiger partial charge in [-0.05, 0) is 38.5 Å². The molecule has 25 heavy (non-hydrogen) atoms. The molecule has 0 saturated carbocycles. The Bertz CT molecular complexity index is 643. The van der Waals surface area contributed by atoms with Gasteiger partial charge in [0.05, 0.1) is 16.7 Å². The normalized spacial score (nSPS) is 24.5. The number of hydrogen-bond acceptors (Lipinski definition) is 4. The number of rotatable bonds is 2. The number of thiazole rings is 1. The fourth-order valence-corrected chi connectivity index (χ4v) is 5.42. The van der Waals surface area contributed by atoms with Gasteiger partial charge in [-0.2, -0.15) is 0 Å². The molecule has 6 nitrogen and oxygen atoms in total. The molecular formula is C18H26N4O2S. The van der Waals surface area contributed by atoms with Crippen LogP contribution in [0, 0.1) is 0 Å². The lowest BCUT2D eigenvalue weighted by atomic mass is 9.97. The van der Waals surface area contributed by atoms with Crippen LogP contribution in [0.25, 0.3) is 0 Å². The number of carbonyl (C=O) groups excluding carboxylic acids is 2. The Balaban J connectivity index is 1.30. The van der Waals surface area contributed by atoms with Gasteiger partial charge in [0, 0.05) is 43.9 Å². The smallest absolute Gasteiger partial charge is 0.317 e. The average molecular weight is 362 g/mol. The van der Waals surface area contributed by atoms with Crippen LogP contribution in [0.2, 0.25) is 0 Å². The van der Waals surface area contributed by atoms with Crippen molar-refractivity contribution >= 4 is 23.3 Å². The van der Waals surface area contributed by atoms with Gasteiger partial charge in [0.25, 0.3) is 0 Å². The van der Waals surface area contributed by atoms with Gasteiger partial charge in [0.2, 0.25) is 5.91 Å². The Morgan fingerprint density at radius 1 is 1.24 bits per heavy atom. The van der Waals surface area contributed by atoms with Crippen molar-refractivity contribution in [3.8, 4) is 0 Å². The number of fused-ring (bicyclic) bond motifs is 1. The molecule has 1 unspecified atom stereocenters. The van der Waals surface area contributed by atoms with E-state index in [1.54, 1.807) is 11.9 Å². The van der Waals surface area contributed by atoms with Crippen LogP contribution >= 0.6 is 11.3 Å². The first kappa shape index (κ1) is 16.8. The number of nitrogens with one attached hydrogen (secondary N) is 1. The number of amides is 3. The summed E-state index contributed by atoms with van der Waals surface area (Å²) in [4.78, 5) is 34.0. The van der Waals surface area contributed by atoms with E-state index in [0.717, 1.165) is 32.4 Å².